The second-order valence-corrected chi connectivity index (χ2v) is 7.14. The molecule has 1 amide bonds. The third-order valence-corrected chi connectivity index (χ3v) is 5.37. The highest BCUT2D eigenvalue weighted by Gasteiger charge is 2.34. The van der Waals surface area contributed by atoms with E-state index >= 15 is 0 Å². The average molecular weight is 344 g/mol. The summed E-state index contributed by atoms with van der Waals surface area (Å²) in [5, 5.41) is 1.07. The molecule has 4 rings (SSSR count). The highest BCUT2D eigenvalue weighted by atomic mass is 16.2. The molecule has 132 valence electrons. The molecule has 0 saturated carbocycles. The molecule has 0 aliphatic carbocycles. The number of hydrogen-bond acceptors (Lipinski definition) is 2. The number of amides is 1. The van der Waals surface area contributed by atoms with Crippen LogP contribution < -0.4 is 4.90 Å². The van der Waals surface area contributed by atoms with Crippen molar-refractivity contribution in [3.8, 4) is 0 Å². The summed E-state index contributed by atoms with van der Waals surface area (Å²) >= 11 is 0. The zero-order valence-corrected chi connectivity index (χ0v) is 15.4. The fourth-order valence-corrected chi connectivity index (χ4v) is 4.10. The molecule has 0 radical (unpaired) electrons. The van der Waals surface area contributed by atoms with Crippen molar-refractivity contribution in [1.82, 2.24) is 4.98 Å². The van der Waals surface area contributed by atoms with Gasteiger partial charge in [0, 0.05) is 23.2 Å². The summed E-state index contributed by atoms with van der Waals surface area (Å²) in [5.74, 6) is 0.114. The van der Waals surface area contributed by atoms with Gasteiger partial charge in [0.15, 0.2) is 0 Å². The van der Waals surface area contributed by atoms with E-state index in [9.17, 15) is 4.79 Å². The maximum absolute atomic E-state index is 13.6. The molecular weight excluding hydrogens is 320 g/mol. The first kappa shape index (κ1) is 16.8. The minimum absolute atomic E-state index is 0.114. The number of unbranched alkanes of at least 4 members (excludes halogenated alkanes) is 1. The third-order valence-electron chi connectivity index (χ3n) is 5.37. The molecule has 1 unspecified atom stereocenters. The molecule has 0 fully saturated rings. The van der Waals surface area contributed by atoms with E-state index in [2.05, 4.69) is 36.2 Å². The maximum atomic E-state index is 13.6. The summed E-state index contributed by atoms with van der Waals surface area (Å²) in [4.78, 5) is 20.2. The fraction of sp³-hybridized carbons (Fsp3) is 0.304. The number of aryl methyl sites for hydroxylation is 1. The van der Waals surface area contributed by atoms with Crippen LogP contribution >= 0.6 is 0 Å². The van der Waals surface area contributed by atoms with Gasteiger partial charge in [-0.1, -0.05) is 56.2 Å². The highest BCUT2D eigenvalue weighted by molar-refractivity contribution is 6.12. The minimum atomic E-state index is 0.114. The number of rotatable bonds is 4. The molecule has 1 aliphatic rings. The number of hydrogen-bond donors (Lipinski definition) is 0. The van der Waals surface area contributed by atoms with E-state index in [1.807, 2.05) is 36.1 Å². The third kappa shape index (κ3) is 2.78. The zero-order valence-electron chi connectivity index (χ0n) is 15.4. The van der Waals surface area contributed by atoms with Crippen molar-refractivity contribution in [3.63, 3.8) is 0 Å². The van der Waals surface area contributed by atoms with Crippen LogP contribution in [0.3, 0.4) is 0 Å². The average Bonchev–Trinajstić information content (AvgIpc) is 2.66. The lowest BCUT2D eigenvalue weighted by atomic mass is 9.87. The molecule has 3 aromatic rings. The van der Waals surface area contributed by atoms with Crippen LogP contribution in [0.2, 0.25) is 0 Å². The van der Waals surface area contributed by atoms with E-state index < -0.39 is 0 Å². The van der Waals surface area contributed by atoms with Crippen molar-refractivity contribution < 1.29 is 4.79 Å². The first-order chi connectivity index (χ1) is 12.7. The van der Waals surface area contributed by atoms with Gasteiger partial charge in [-0.05, 0) is 43.0 Å². The predicted molar refractivity (Wildman–Crippen MR) is 107 cm³/mol. The number of anilines is 1. The Morgan fingerprint density at radius 2 is 1.92 bits per heavy atom. The molecule has 1 aromatic heterocycles. The monoisotopic (exact) mass is 344 g/mol. The number of benzene rings is 2. The summed E-state index contributed by atoms with van der Waals surface area (Å²) in [7, 11) is 0. The van der Waals surface area contributed by atoms with E-state index in [-0.39, 0.29) is 11.9 Å². The van der Waals surface area contributed by atoms with Crippen molar-refractivity contribution in [2.75, 3.05) is 4.90 Å². The smallest absolute Gasteiger partial charge is 0.259 e. The Bertz CT molecular complexity index is 958. The van der Waals surface area contributed by atoms with Gasteiger partial charge in [-0.3, -0.25) is 9.78 Å². The van der Waals surface area contributed by atoms with Crippen LogP contribution in [0.5, 0.6) is 0 Å². The quantitative estimate of drug-likeness (QED) is 0.643. The molecule has 2 aromatic carbocycles. The number of pyridine rings is 1. The summed E-state index contributed by atoms with van der Waals surface area (Å²) in [6, 6.07) is 16.5. The Hall–Kier alpha value is -2.68. The first-order valence-corrected chi connectivity index (χ1v) is 9.46. The lowest BCUT2D eigenvalue weighted by Gasteiger charge is -2.38. The molecule has 26 heavy (non-hydrogen) atoms. The Balaban J connectivity index is 1.88. The van der Waals surface area contributed by atoms with Crippen molar-refractivity contribution in [2.45, 2.75) is 45.6 Å². The van der Waals surface area contributed by atoms with Crippen molar-refractivity contribution in [3.05, 3.63) is 71.4 Å². The number of carbonyl (C=O) groups excluding carboxylic acids is 1. The number of aromatic nitrogens is 1. The Morgan fingerprint density at radius 3 is 2.77 bits per heavy atom. The topological polar surface area (TPSA) is 33.2 Å². The molecule has 1 aliphatic heterocycles. The number of fused-ring (bicyclic) bond motifs is 2. The number of nitrogens with zero attached hydrogens (tertiary/aromatic N) is 2. The van der Waals surface area contributed by atoms with E-state index in [0.29, 0.717) is 0 Å². The van der Waals surface area contributed by atoms with Gasteiger partial charge in [0.1, 0.15) is 0 Å². The maximum Gasteiger partial charge on any atom is 0.259 e. The summed E-state index contributed by atoms with van der Waals surface area (Å²) in [5.41, 5.74) is 4.94. The summed E-state index contributed by atoms with van der Waals surface area (Å²) in [6.07, 6.45) is 5.98. The number of carbonyl (C=O) groups is 1. The molecule has 0 spiro atoms. The normalized spacial score (nSPS) is 16.8. The molecule has 2 heterocycles. The highest BCUT2D eigenvalue weighted by Crippen LogP contribution is 2.35. The predicted octanol–water partition coefficient (Wildman–Crippen LogP) is 5.30. The van der Waals surface area contributed by atoms with Crippen LogP contribution in [-0.2, 0) is 6.42 Å². The lowest BCUT2D eigenvalue weighted by molar-refractivity contribution is 0.0965. The minimum Gasteiger partial charge on any atom is -0.303 e. The van der Waals surface area contributed by atoms with Crippen molar-refractivity contribution >= 4 is 22.5 Å². The van der Waals surface area contributed by atoms with Crippen LogP contribution in [-0.4, -0.2) is 16.9 Å². The van der Waals surface area contributed by atoms with Gasteiger partial charge >= 0.3 is 0 Å². The fourth-order valence-electron chi connectivity index (χ4n) is 4.10. The second kappa shape index (κ2) is 6.91. The number of para-hydroxylation sites is 1. The molecule has 1 atom stereocenters. The van der Waals surface area contributed by atoms with E-state index in [1.165, 1.54) is 5.56 Å². The van der Waals surface area contributed by atoms with Crippen molar-refractivity contribution in [1.29, 1.82) is 0 Å². The second-order valence-electron chi connectivity index (χ2n) is 7.14. The van der Waals surface area contributed by atoms with Gasteiger partial charge in [0.05, 0.1) is 11.2 Å². The molecule has 0 saturated heterocycles. The molecule has 0 bridgehead atoms. The standard InChI is InChI=1S/C23H24N2O/c1-3-4-12-19-15-18-10-5-8-16(2)21(18)23(26)25(19)20-13-6-9-17-11-7-14-24-22(17)20/h5-11,13-14,19H,3-4,12,15H2,1-2H3. The summed E-state index contributed by atoms with van der Waals surface area (Å²) in [6.45, 7) is 4.23. The molecule has 3 nitrogen and oxygen atoms in total. The van der Waals surface area contributed by atoms with E-state index in [1.54, 1.807) is 6.20 Å². The molecular formula is C23H24N2O. The van der Waals surface area contributed by atoms with Crippen LogP contribution in [0.15, 0.2) is 54.7 Å². The van der Waals surface area contributed by atoms with Gasteiger partial charge in [0.25, 0.3) is 5.91 Å². The SMILES string of the molecule is CCCCC1Cc2cccc(C)c2C(=O)N1c1cccc2cccnc12. The van der Waals surface area contributed by atoms with Crippen LogP contribution in [0.4, 0.5) is 5.69 Å². The molecule has 0 N–H and O–H groups in total. The van der Waals surface area contributed by atoms with Crippen molar-refractivity contribution in [2.24, 2.45) is 0 Å². The lowest BCUT2D eigenvalue weighted by Crippen LogP contribution is -2.46. The summed E-state index contributed by atoms with van der Waals surface area (Å²) < 4.78 is 0. The van der Waals surface area contributed by atoms with Crippen LogP contribution in [0.1, 0.15) is 47.7 Å². The first-order valence-electron chi connectivity index (χ1n) is 9.46. The van der Waals surface area contributed by atoms with Crippen LogP contribution in [0, 0.1) is 6.92 Å². The van der Waals surface area contributed by atoms with Gasteiger partial charge in [-0.2, -0.15) is 0 Å². The van der Waals surface area contributed by atoms with Crippen LogP contribution in [0.25, 0.3) is 10.9 Å². The zero-order chi connectivity index (χ0) is 18.1. The van der Waals surface area contributed by atoms with Gasteiger partial charge < -0.3 is 4.90 Å². The molecule has 3 heteroatoms. The largest absolute Gasteiger partial charge is 0.303 e. The van der Waals surface area contributed by atoms with Gasteiger partial charge in [0.2, 0.25) is 0 Å². The van der Waals surface area contributed by atoms with E-state index in [0.717, 1.165) is 53.4 Å². The Morgan fingerprint density at radius 1 is 1.12 bits per heavy atom. The van der Waals surface area contributed by atoms with Gasteiger partial charge in [-0.15, -0.1) is 0 Å². The Kier molecular flexibility index (Phi) is 4.46. The van der Waals surface area contributed by atoms with E-state index in [4.69, 9.17) is 0 Å². The van der Waals surface area contributed by atoms with Gasteiger partial charge in [-0.25, -0.2) is 0 Å². The Labute approximate surface area is 154 Å².